The van der Waals surface area contributed by atoms with Crippen LogP contribution in [0.3, 0.4) is 0 Å². The first kappa shape index (κ1) is 21.7. The summed E-state index contributed by atoms with van der Waals surface area (Å²) in [6.45, 7) is 4.23. The van der Waals surface area contributed by atoms with Gasteiger partial charge in [-0.3, -0.25) is 4.72 Å². The summed E-state index contributed by atoms with van der Waals surface area (Å²) in [5.74, 6) is 1.07. The number of halogens is 1. The van der Waals surface area contributed by atoms with Gasteiger partial charge in [0.15, 0.2) is 11.5 Å². The third kappa shape index (κ3) is 4.44. The minimum atomic E-state index is -3.89. The molecule has 6 nitrogen and oxygen atoms in total. The average molecular weight is 462 g/mol. The molecule has 0 aromatic heterocycles. The van der Waals surface area contributed by atoms with Crippen LogP contribution in [0.25, 0.3) is 10.8 Å². The lowest BCUT2D eigenvalue weighted by Crippen LogP contribution is -2.24. The minimum absolute atomic E-state index is 0.00447. The molecule has 0 saturated carbocycles. The Bertz CT molecular complexity index is 1240. The molecule has 8 heteroatoms. The second-order valence-electron chi connectivity index (χ2n) is 8.12. The number of fused-ring (bicyclic) bond motifs is 2. The number of hydrogen-bond acceptors (Lipinski definition) is 5. The highest BCUT2D eigenvalue weighted by Gasteiger charge is 2.33. The second-order valence-corrected chi connectivity index (χ2v) is 10.2. The van der Waals surface area contributed by atoms with E-state index in [0.29, 0.717) is 52.4 Å². The van der Waals surface area contributed by atoms with Crippen LogP contribution in [-0.4, -0.2) is 32.3 Å². The van der Waals surface area contributed by atoms with Crippen LogP contribution in [0.15, 0.2) is 53.4 Å². The van der Waals surface area contributed by atoms with Gasteiger partial charge >= 0.3 is 0 Å². The molecule has 0 spiro atoms. The van der Waals surface area contributed by atoms with E-state index in [2.05, 4.69) is 4.72 Å². The van der Waals surface area contributed by atoms with Crippen molar-refractivity contribution in [3.63, 3.8) is 0 Å². The standard InChI is InChI=1S/C23H24ClNO5S/c1-23(2)14-15-12-16(13-20(22(15)30-23)29-11-5-10-26)25-31(27,28)21-9-8-19(24)17-6-3-4-7-18(17)21/h3-4,6-9,12-13,25-26H,5,10-11,14H2,1-2H3. The number of sulfonamides is 1. The molecule has 0 atom stereocenters. The molecule has 0 fully saturated rings. The predicted octanol–water partition coefficient (Wildman–Crippen LogP) is 4.77. The van der Waals surface area contributed by atoms with E-state index >= 15 is 0 Å². The Balaban J connectivity index is 1.73. The van der Waals surface area contributed by atoms with Gasteiger partial charge in [0.25, 0.3) is 10.0 Å². The van der Waals surface area contributed by atoms with Crippen LogP contribution in [0.4, 0.5) is 5.69 Å². The Morgan fingerprint density at radius 2 is 1.90 bits per heavy atom. The molecule has 4 rings (SSSR count). The Morgan fingerprint density at radius 3 is 2.65 bits per heavy atom. The van der Waals surface area contributed by atoms with Gasteiger partial charge in [-0.2, -0.15) is 0 Å². The summed E-state index contributed by atoms with van der Waals surface area (Å²) in [4.78, 5) is 0.146. The highest BCUT2D eigenvalue weighted by atomic mass is 35.5. The normalized spacial score (nSPS) is 14.8. The van der Waals surface area contributed by atoms with Gasteiger partial charge in [-0.15, -0.1) is 0 Å². The second kappa shape index (κ2) is 8.22. The molecular weight excluding hydrogens is 438 g/mol. The van der Waals surface area contributed by atoms with Crippen molar-refractivity contribution in [2.75, 3.05) is 17.9 Å². The van der Waals surface area contributed by atoms with Crippen molar-refractivity contribution < 1.29 is 23.0 Å². The quantitative estimate of drug-likeness (QED) is 0.495. The first-order valence-corrected chi connectivity index (χ1v) is 11.9. The summed E-state index contributed by atoms with van der Waals surface area (Å²) >= 11 is 6.25. The molecule has 0 bridgehead atoms. The van der Waals surface area contributed by atoms with Gasteiger partial charge < -0.3 is 14.6 Å². The molecule has 0 unspecified atom stereocenters. The fourth-order valence-corrected chi connectivity index (χ4v) is 5.25. The molecule has 0 aliphatic carbocycles. The number of nitrogens with one attached hydrogen (secondary N) is 1. The molecule has 3 aromatic carbocycles. The van der Waals surface area contributed by atoms with E-state index < -0.39 is 15.6 Å². The molecule has 1 heterocycles. The summed E-state index contributed by atoms with van der Waals surface area (Å²) in [5, 5.41) is 10.8. The summed E-state index contributed by atoms with van der Waals surface area (Å²) in [6.07, 6.45) is 1.09. The number of aliphatic hydroxyl groups excluding tert-OH is 1. The monoisotopic (exact) mass is 461 g/mol. The number of rotatable bonds is 7. The highest BCUT2D eigenvalue weighted by molar-refractivity contribution is 7.93. The SMILES string of the molecule is CC1(C)Cc2cc(NS(=O)(=O)c3ccc(Cl)c4ccccc34)cc(OCCCO)c2O1. The van der Waals surface area contributed by atoms with E-state index in [1.807, 2.05) is 19.9 Å². The van der Waals surface area contributed by atoms with Crippen LogP contribution in [-0.2, 0) is 16.4 Å². The number of anilines is 1. The van der Waals surface area contributed by atoms with Crippen molar-refractivity contribution in [3.05, 3.63) is 59.1 Å². The van der Waals surface area contributed by atoms with Crippen molar-refractivity contribution in [2.45, 2.75) is 37.2 Å². The topological polar surface area (TPSA) is 84.9 Å². The first-order valence-electron chi connectivity index (χ1n) is 10.00. The average Bonchev–Trinajstić information content (AvgIpc) is 3.02. The number of aliphatic hydroxyl groups is 1. The van der Waals surface area contributed by atoms with Crippen molar-refractivity contribution in [1.29, 1.82) is 0 Å². The maximum atomic E-state index is 13.3. The van der Waals surface area contributed by atoms with Gasteiger partial charge in [-0.05, 0) is 32.0 Å². The number of ether oxygens (including phenoxy) is 2. The third-order valence-electron chi connectivity index (χ3n) is 5.06. The maximum absolute atomic E-state index is 13.3. The zero-order chi connectivity index (χ0) is 22.2. The fraction of sp³-hybridized carbons (Fsp3) is 0.304. The molecule has 0 saturated heterocycles. The van der Waals surface area contributed by atoms with E-state index in [1.165, 1.54) is 6.07 Å². The van der Waals surface area contributed by atoms with Crippen LogP contribution >= 0.6 is 11.6 Å². The van der Waals surface area contributed by atoms with Crippen LogP contribution in [0, 0.1) is 0 Å². The summed E-state index contributed by atoms with van der Waals surface area (Å²) < 4.78 is 41.0. The predicted molar refractivity (Wildman–Crippen MR) is 122 cm³/mol. The van der Waals surface area contributed by atoms with E-state index in [4.69, 9.17) is 26.2 Å². The molecule has 0 radical (unpaired) electrons. The summed E-state index contributed by atoms with van der Waals surface area (Å²) in [5.41, 5.74) is 0.838. The van der Waals surface area contributed by atoms with E-state index in [1.54, 1.807) is 36.4 Å². The molecule has 3 aromatic rings. The fourth-order valence-electron chi connectivity index (χ4n) is 3.77. The van der Waals surface area contributed by atoms with Gasteiger partial charge in [0.1, 0.15) is 5.60 Å². The number of benzene rings is 3. The molecule has 0 amide bonds. The Morgan fingerprint density at radius 1 is 1.16 bits per heavy atom. The maximum Gasteiger partial charge on any atom is 0.262 e. The molecule has 31 heavy (non-hydrogen) atoms. The van der Waals surface area contributed by atoms with Gasteiger partial charge in [0, 0.05) is 46.9 Å². The minimum Gasteiger partial charge on any atom is -0.490 e. The molecular formula is C23H24ClNO5S. The summed E-state index contributed by atoms with van der Waals surface area (Å²) in [7, 11) is -3.89. The number of hydrogen-bond donors (Lipinski definition) is 2. The molecule has 164 valence electrons. The lowest BCUT2D eigenvalue weighted by Gasteiger charge is -2.18. The lowest BCUT2D eigenvalue weighted by atomic mass is 10.0. The van der Waals surface area contributed by atoms with Crippen LogP contribution in [0.2, 0.25) is 5.02 Å². The van der Waals surface area contributed by atoms with Crippen LogP contribution in [0.1, 0.15) is 25.8 Å². The lowest BCUT2D eigenvalue weighted by molar-refractivity contribution is 0.131. The van der Waals surface area contributed by atoms with Crippen molar-refractivity contribution >= 4 is 38.1 Å². The molecule has 2 N–H and O–H groups in total. The van der Waals surface area contributed by atoms with Crippen LogP contribution < -0.4 is 14.2 Å². The third-order valence-corrected chi connectivity index (χ3v) is 6.83. The van der Waals surface area contributed by atoms with E-state index in [0.717, 1.165) is 5.56 Å². The van der Waals surface area contributed by atoms with Gasteiger partial charge in [-0.1, -0.05) is 35.9 Å². The van der Waals surface area contributed by atoms with E-state index in [9.17, 15) is 8.42 Å². The molecule has 1 aliphatic heterocycles. The van der Waals surface area contributed by atoms with Crippen LogP contribution in [0.5, 0.6) is 11.5 Å². The smallest absolute Gasteiger partial charge is 0.262 e. The Kier molecular flexibility index (Phi) is 5.77. The summed E-state index contributed by atoms with van der Waals surface area (Å²) in [6, 6.07) is 13.6. The van der Waals surface area contributed by atoms with Gasteiger partial charge in [-0.25, -0.2) is 8.42 Å². The zero-order valence-electron chi connectivity index (χ0n) is 17.3. The highest BCUT2D eigenvalue weighted by Crippen LogP contribution is 2.44. The van der Waals surface area contributed by atoms with E-state index in [-0.39, 0.29) is 11.5 Å². The van der Waals surface area contributed by atoms with Crippen molar-refractivity contribution in [1.82, 2.24) is 0 Å². The zero-order valence-corrected chi connectivity index (χ0v) is 18.9. The first-order chi connectivity index (χ1) is 14.7. The Labute approximate surface area is 186 Å². The Hall–Kier alpha value is -2.48. The largest absolute Gasteiger partial charge is 0.490 e. The van der Waals surface area contributed by atoms with Gasteiger partial charge in [0.05, 0.1) is 17.2 Å². The molecule has 1 aliphatic rings. The van der Waals surface area contributed by atoms with Crippen molar-refractivity contribution in [3.8, 4) is 11.5 Å². The van der Waals surface area contributed by atoms with Crippen molar-refractivity contribution in [2.24, 2.45) is 0 Å². The van der Waals surface area contributed by atoms with Gasteiger partial charge in [0.2, 0.25) is 0 Å².